The Morgan fingerprint density at radius 2 is 1.39 bits per heavy atom. The van der Waals surface area contributed by atoms with Gasteiger partial charge in [-0.15, -0.1) is 0 Å². The molecule has 0 heterocycles. The van der Waals surface area contributed by atoms with Gasteiger partial charge in [0.05, 0.1) is 0 Å². The Bertz CT molecular complexity index is 507. The Balaban J connectivity index is 3.67. The van der Waals surface area contributed by atoms with E-state index < -0.39 is 14.9 Å². The second kappa shape index (κ2) is 5.11. The van der Waals surface area contributed by atoms with Crippen LogP contribution in [0.15, 0.2) is 12.1 Å². The standard InChI is InChI=1S/C8H16N4O4P2/c9-17(10,15)7-3-5(14)4-8(18(11,12)16)6(7)1-2-13/h3-4,13-14H,1-2H2,(H4,9,10,15)(H4,11,12,16). The van der Waals surface area contributed by atoms with Gasteiger partial charge in [0.15, 0.2) is 0 Å². The molecule has 10 N–H and O–H groups in total. The summed E-state index contributed by atoms with van der Waals surface area (Å²) in [7, 11) is -7.42. The van der Waals surface area contributed by atoms with E-state index in [4.69, 9.17) is 27.1 Å². The Morgan fingerprint density at radius 1 is 1.00 bits per heavy atom. The number of phenolic OH excluding ortho intramolecular Hbond substituents is 1. The number of rotatable bonds is 4. The van der Waals surface area contributed by atoms with Crippen LogP contribution in [0.3, 0.4) is 0 Å². The molecule has 102 valence electrons. The Morgan fingerprint density at radius 3 is 1.67 bits per heavy atom. The predicted molar refractivity (Wildman–Crippen MR) is 70.1 cm³/mol. The van der Waals surface area contributed by atoms with Crippen LogP contribution < -0.4 is 32.6 Å². The molecule has 0 unspecified atom stereocenters. The van der Waals surface area contributed by atoms with E-state index >= 15 is 0 Å². The number of hydrogen-bond acceptors (Lipinski definition) is 4. The molecule has 0 aliphatic heterocycles. The molecule has 0 radical (unpaired) electrons. The zero-order chi connectivity index (χ0) is 14.1. The lowest BCUT2D eigenvalue weighted by Crippen LogP contribution is -2.32. The van der Waals surface area contributed by atoms with Crippen LogP contribution in [0.25, 0.3) is 0 Å². The van der Waals surface area contributed by atoms with Crippen LogP contribution in [0.1, 0.15) is 5.56 Å². The average Bonchev–Trinajstić information content (AvgIpc) is 2.17. The van der Waals surface area contributed by atoms with Crippen LogP contribution in [0.5, 0.6) is 5.75 Å². The van der Waals surface area contributed by atoms with Crippen molar-refractivity contribution in [3.05, 3.63) is 17.7 Å². The third-order valence-electron chi connectivity index (χ3n) is 2.30. The molecule has 0 spiro atoms. The fourth-order valence-electron chi connectivity index (χ4n) is 1.62. The molecule has 0 atom stereocenters. The van der Waals surface area contributed by atoms with Crippen molar-refractivity contribution >= 4 is 25.5 Å². The van der Waals surface area contributed by atoms with Crippen LogP contribution in [0.2, 0.25) is 0 Å². The molecule has 0 aliphatic carbocycles. The van der Waals surface area contributed by atoms with Gasteiger partial charge in [-0.3, -0.25) is 31.1 Å². The van der Waals surface area contributed by atoms with Gasteiger partial charge < -0.3 is 10.2 Å². The van der Waals surface area contributed by atoms with Gasteiger partial charge in [0, 0.05) is 17.2 Å². The minimum absolute atomic E-state index is 0.0261. The van der Waals surface area contributed by atoms with Crippen molar-refractivity contribution in [1.29, 1.82) is 0 Å². The maximum atomic E-state index is 11.7. The fraction of sp³-hybridized carbons (Fsp3) is 0.250. The zero-order valence-electron chi connectivity index (χ0n) is 9.48. The van der Waals surface area contributed by atoms with E-state index in [-0.39, 0.29) is 34.9 Å². The number of aromatic hydroxyl groups is 1. The van der Waals surface area contributed by atoms with Gasteiger partial charge in [-0.25, -0.2) is 0 Å². The van der Waals surface area contributed by atoms with E-state index in [1.807, 2.05) is 0 Å². The predicted octanol–water partition coefficient (Wildman–Crippen LogP) is -1.60. The highest BCUT2D eigenvalue weighted by atomic mass is 31.2. The molecule has 0 saturated carbocycles. The topological polar surface area (TPSA) is 179 Å². The summed E-state index contributed by atoms with van der Waals surface area (Å²) in [4.78, 5) is 0. The minimum atomic E-state index is -3.71. The Labute approximate surface area is 104 Å². The number of aliphatic hydroxyl groups is 1. The zero-order valence-corrected chi connectivity index (χ0v) is 11.3. The molecule has 0 amide bonds. The first-order valence-electron chi connectivity index (χ1n) is 4.89. The van der Waals surface area contributed by atoms with Gasteiger partial charge in [0.25, 0.3) is 0 Å². The van der Waals surface area contributed by atoms with Crippen molar-refractivity contribution in [2.75, 3.05) is 6.61 Å². The van der Waals surface area contributed by atoms with Gasteiger partial charge in [-0.1, -0.05) is 0 Å². The SMILES string of the molecule is NP(N)(=O)c1cc(O)cc(P(N)(N)=O)c1CCO. The highest BCUT2D eigenvalue weighted by Crippen LogP contribution is 2.33. The van der Waals surface area contributed by atoms with Crippen LogP contribution in [-0.4, -0.2) is 16.8 Å². The van der Waals surface area contributed by atoms with Gasteiger partial charge in [0.2, 0.25) is 14.9 Å². The smallest absolute Gasteiger partial charge is 0.235 e. The van der Waals surface area contributed by atoms with E-state index in [0.29, 0.717) is 0 Å². The largest absolute Gasteiger partial charge is 0.508 e. The molecule has 0 aromatic heterocycles. The molecule has 0 fully saturated rings. The lowest BCUT2D eigenvalue weighted by molar-refractivity contribution is 0.300. The van der Waals surface area contributed by atoms with E-state index in [1.54, 1.807) is 0 Å². The van der Waals surface area contributed by atoms with Crippen LogP contribution in [0, 0.1) is 0 Å². The van der Waals surface area contributed by atoms with E-state index in [9.17, 15) is 14.2 Å². The Hall–Kier alpha value is -0.720. The fourth-order valence-corrected chi connectivity index (χ4v) is 3.68. The van der Waals surface area contributed by atoms with Gasteiger partial charge in [0.1, 0.15) is 5.75 Å². The molecule has 18 heavy (non-hydrogen) atoms. The second-order valence-electron chi connectivity index (χ2n) is 3.85. The summed E-state index contributed by atoms with van der Waals surface area (Å²) in [6.45, 7) is -0.329. The first-order valence-corrected chi connectivity index (χ1v) is 8.58. The molecule has 8 nitrogen and oxygen atoms in total. The summed E-state index contributed by atoms with van der Waals surface area (Å²) in [6, 6.07) is 2.18. The number of hydrogen-bond donors (Lipinski definition) is 6. The summed E-state index contributed by atoms with van der Waals surface area (Å²) in [6.07, 6.45) is -0.0261. The molecule has 0 saturated heterocycles. The third-order valence-corrected chi connectivity index (χ3v) is 4.61. The lowest BCUT2D eigenvalue weighted by atomic mass is 10.1. The number of aliphatic hydroxyl groups excluding tert-OH is 1. The van der Waals surface area contributed by atoms with Crippen molar-refractivity contribution in [3.8, 4) is 5.75 Å². The van der Waals surface area contributed by atoms with Crippen molar-refractivity contribution in [2.45, 2.75) is 6.42 Å². The van der Waals surface area contributed by atoms with E-state index in [1.165, 1.54) is 0 Å². The van der Waals surface area contributed by atoms with Gasteiger partial charge in [-0.2, -0.15) is 0 Å². The minimum Gasteiger partial charge on any atom is -0.508 e. The summed E-state index contributed by atoms with van der Waals surface area (Å²) < 4.78 is 23.5. The molecule has 1 rings (SSSR count). The summed E-state index contributed by atoms with van der Waals surface area (Å²) in [5, 5.41) is 18.3. The molecule has 1 aromatic rings. The highest BCUT2D eigenvalue weighted by Gasteiger charge is 2.26. The maximum Gasteiger partial charge on any atom is 0.235 e. The molecule has 10 heteroatoms. The quantitative estimate of drug-likeness (QED) is 0.359. The first-order chi connectivity index (χ1) is 8.07. The number of benzene rings is 1. The van der Waals surface area contributed by atoms with Crippen LogP contribution >= 0.6 is 14.9 Å². The van der Waals surface area contributed by atoms with E-state index in [2.05, 4.69) is 0 Å². The van der Waals surface area contributed by atoms with Crippen LogP contribution in [0.4, 0.5) is 0 Å². The Kier molecular flexibility index (Phi) is 4.35. The molecular weight excluding hydrogens is 278 g/mol. The lowest BCUT2D eigenvalue weighted by Gasteiger charge is -2.19. The van der Waals surface area contributed by atoms with E-state index in [0.717, 1.165) is 12.1 Å². The normalized spacial score (nSPS) is 12.7. The van der Waals surface area contributed by atoms with Crippen molar-refractivity contribution in [1.82, 2.24) is 0 Å². The monoisotopic (exact) mass is 294 g/mol. The third kappa shape index (κ3) is 3.40. The van der Waals surface area contributed by atoms with Gasteiger partial charge in [-0.05, 0) is 24.1 Å². The van der Waals surface area contributed by atoms with Crippen molar-refractivity contribution in [3.63, 3.8) is 0 Å². The first kappa shape index (κ1) is 15.3. The molecule has 0 bridgehead atoms. The summed E-state index contributed by atoms with van der Waals surface area (Å²) in [5.74, 6) is -0.353. The molecular formula is C8H16N4O4P2. The second-order valence-corrected chi connectivity index (χ2v) is 7.66. The molecule has 1 aromatic carbocycles. The van der Waals surface area contributed by atoms with Crippen molar-refractivity contribution < 1.29 is 19.3 Å². The van der Waals surface area contributed by atoms with Crippen LogP contribution in [-0.2, 0) is 15.6 Å². The maximum absolute atomic E-state index is 11.7. The average molecular weight is 294 g/mol. The summed E-state index contributed by atoms with van der Waals surface area (Å²) >= 11 is 0. The molecule has 0 aliphatic rings. The van der Waals surface area contributed by atoms with Crippen molar-refractivity contribution in [2.24, 2.45) is 22.0 Å². The van der Waals surface area contributed by atoms with Gasteiger partial charge >= 0.3 is 0 Å². The highest BCUT2D eigenvalue weighted by molar-refractivity contribution is 7.68. The number of phenols is 1. The summed E-state index contributed by atoms with van der Waals surface area (Å²) in [5.41, 5.74) is 21.5. The number of nitrogens with two attached hydrogens (primary N) is 4.